The van der Waals surface area contributed by atoms with Crippen molar-refractivity contribution in [3.05, 3.63) is 77.4 Å². The summed E-state index contributed by atoms with van der Waals surface area (Å²) < 4.78 is 6.18. The van der Waals surface area contributed by atoms with Gasteiger partial charge in [0.2, 0.25) is 0 Å². The number of hydrogen-bond donors (Lipinski definition) is 2. The van der Waals surface area contributed by atoms with Gasteiger partial charge >= 0.3 is 0 Å². The fourth-order valence-corrected chi connectivity index (χ4v) is 6.27. The van der Waals surface area contributed by atoms with Crippen LogP contribution in [0.1, 0.15) is 29.2 Å². The molecule has 4 rings (SSSR count). The van der Waals surface area contributed by atoms with Crippen molar-refractivity contribution in [2.75, 3.05) is 6.61 Å². The van der Waals surface area contributed by atoms with E-state index in [9.17, 15) is 15.6 Å². The van der Waals surface area contributed by atoms with Crippen LogP contribution in [0.4, 0.5) is 0 Å². The summed E-state index contributed by atoms with van der Waals surface area (Å²) in [5.74, 6) is 0.217. The molecule has 0 aliphatic carbocycles. The number of nitrogens with zero attached hydrogens (tertiary/aromatic N) is 3. The highest BCUT2D eigenvalue weighted by molar-refractivity contribution is 6.76. The number of phenolic OH excluding ortho intramolecular Hbond substituents is 1. The first kappa shape index (κ1) is 26.1. The van der Waals surface area contributed by atoms with Crippen LogP contribution < -0.4 is 5.32 Å². The zero-order valence-corrected chi connectivity index (χ0v) is 22.4. The quantitative estimate of drug-likeness (QED) is 0.395. The van der Waals surface area contributed by atoms with Crippen molar-refractivity contribution in [2.24, 2.45) is 0 Å². The molecule has 2 heterocycles. The molecule has 0 saturated carbocycles. The minimum atomic E-state index is -1.20. The molecule has 1 fully saturated rings. The van der Waals surface area contributed by atoms with Crippen LogP contribution in [0, 0.1) is 22.7 Å². The lowest BCUT2D eigenvalue weighted by Crippen LogP contribution is -2.69. The maximum atomic E-state index is 10.9. The highest BCUT2D eigenvalue weighted by Gasteiger charge is 2.49. The molecule has 0 bridgehead atoms. The lowest BCUT2D eigenvalue weighted by molar-refractivity contribution is -0.0258. The van der Waals surface area contributed by atoms with Gasteiger partial charge in [-0.1, -0.05) is 74.3 Å². The maximum Gasteiger partial charge on any atom is 0.120 e. The number of piperazine rings is 1. The molecule has 0 unspecified atom stereocenters. The number of allylic oxidation sites excluding steroid dienone is 1. The Morgan fingerprint density at radius 2 is 1.86 bits per heavy atom. The highest BCUT2D eigenvalue weighted by Crippen LogP contribution is 2.43. The Morgan fingerprint density at radius 1 is 1.08 bits per heavy atom. The van der Waals surface area contributed by atoms with Crippen LogP contribution in [-0.2, 0) is 17.8 Å². The summed E-state index contributed by atoms with van der Waals surface area (Å²) in [7, 11) is -1.20. The average Bonchev–Trinajstić information content (AvgIpc) is 2.86. The van der Waals surface area contributed by atoms with E-state index < -0.39 is 20.2 Å². The molecule has 0 spiro atoms. The van der Waals surface area contributed by atoms with Gasteiger partial charge in [0, 0.05) is 25.7 Å². The van der Waals surface area contributed by atoms with E-state index >= 15 is 0 Å². The topological polar surface area (TPSA) is 92.3 Å². The second-order valence-electron chi connectivity index (χ2n) is 11.0. The molecule has 2 N–H and O–H groups in total. The molecule has 2 aliphatic rings. The number of nitriles is 2. The van der Waals surface area contributed by atoms with Gasteiger partial charge in [-0.25, -0.2) is 0 Å². The summed E-state index contributed by atoms with van der Waals surface area (Å²) in [4.78, 5) is 2.15. The molecule has 2 aromatic rings. The number of benzene rings is 2. The Morgan fingerprint density at radius 3 is 2.56 bits per heavy atom. The summed E-state index contributed by atoms with van der Waals surface area (Å²) >= 11 is 0. The summed E-state index contributed by atoms with van der Waals surface area (Å²) in [6.45, 7) is 7.77. The predicted molar refractivity (Wildman–Crippen MR) is 144 cm³/mol. The fourth-order valence-electron chi connectivity index (χ4n) is 5.39. The normalized spacial score (nSPS) is 26.1. The molecule has 188 valence electrons. The molecule has 36 heavy (non-hydrogen) atoms. The Labute approximate surface area is 215 Å². The van der Waals surface area contributed by atoms with Gasteiger partial charge in [-0.05, 0) is 36.1 Å². The Hall–Kier alpha value is -2.94. The first-order valence-electron chi connectivity index (χ1n) is 12.7. The Balaban J connectivity index is 1.63. The van der Waals surface area contributed by atoms with Crippen molar-refractivity contribution in [1.82, 2.24) is 10.2 Å². The van der Waals surface area contributed by atoms with E-state index in [-0.39, 0.29) is 23.9 Å². The third-order valence-corrected chi connectivity index (χ3v) is 8.57. The van der Waals surface area contributed by atoms with E-state index in [0.29, 0.717) is 26.1 Å². The lowest BCUT2D eigenvalue weighted by Gasteiger charge is -2.52. The fraction of sp³-hybridized carbons (Fsp3) is 0.448. The zero-order valence-electron chi connectivity index (χ0n) is 21.4. The van der Waals surface area contributed by atoms with Crippen LogP contribution in [-0.4, -0.2) is 48.9 Å². The van der Waals surface area contributed by atoms with Gasteiger partial charge in [0.25, 0.3) is 0 Å². The van der Waals surface area contributed by atoms with E-state index in [1.807, 2.05) is 42.5 Å². The van der Waals surface area contributed by atoms with Gasteiger partial charge < -0.3 is 9.84 Å². The molecule has 7 heteroatoms. The molecule has 0 radical (unpaired) electrons. The lowest BCUT2D eigenvalue weighted by atomic mass is 9.80. The summed E-state index contributed by atoms with van der Waals surface area (Å²) in [6.07, 6.45) is 5.66. The molecule has 6 nitrogen and oxygen atoms in total. The van der Waals surface area contributed by atoms with E-state index in [2.05, 4.69) is 54.1 Å². The highest BCUT2D eigenvalue weighted by atomic mass is 28.3. The van der Waals surface area contributed by atoms with Gasteiger partial charge in [-0.3, -0.25) is 10.2 Å². The zero-order chi connectivity index (χ0) is 25.7. The van der Waals surface area contributed by atoms with Gasteiger partial charge in [-0.15, -0.1) is 0 Å². The number of ether oxygens (including phenoxy) is 1. The summed E-state index contributed by atoms with van der Waals surface area (Å²) in [5.41, 5.74) is 2.89. The molecule has 1 saturated heterocycles. The third-order valence-electron chi connectivity index (χ3n) is 7.10. The van der Waals surface area contributed by atoms with Gasteiger partial charge in [-0.2, -0.15) is 10.5 Å². The van der Waals surface area contributed by atoms with Crippen molar-refractivity contribution < 1.29 is 9.84 Å². The Kier molecular flexibility index (Phi) is 8.28. The van der Waals surface area contributed by atoms with Gasteiger partial charge in [0.1, 0.15) is 17.8 Å². The first-order valence-corrected chi connectivity index (χ1v) is 16.4. The second kappa shape index (κ2) is 11.4. The average molecular weight is 501 g/mol. The van der Waals surface area contributed by atoms with Crippen LogP contribution in [0.2, 0.25) is 25.7 Å². The third kappa shape index (κ3) is 5.88. The van der Waals surface area contributed by atoms with E-state index in [1.165, 1.54) is 0 Å². The number of phenols is 1. The largest absolute Gasteiger partial charge is 0.508 e. The van der Waals surface area contributed by atoms with Crippen LogP contribution in [0.5, 0.6) is 5.75 Å². The predicted octanol–water partition coefficient (Wildman–Crippen LogP) is 4.92. The van der Waals surface area contributed by atoms with Crippen LogP contribution in [0.15, 0.2) is 60.7 Å². The van der Waals surface area contributed by atoms with Gasteiger partial charge in [0.15, 0.2) is 0 Å². The number of aromatic hydroxyl groups is 1. The maximum absolute atomic E-state index is 10.9. The summed E-state index contributed by atoms with van der Waals surface area (Å²) in [6, 6.07) is 20.1. The summed E-state index contributed by atoms with van der Waals surface area (Å²) in [5, 5.41) is 34.8. The number of fused-ring (bicyclic) bond motifs is 2. The van der Waals surface area contributed by atoms with Crippen LogP contribution in [0.3, 0.4) is 0 Å². The molecule has 5 atom stereocenters. The second-order valence-corrected chi connectivity index (χ2v) is 16.5. The van der Waals surface area contributed by atoms with Gasteiger partial charge in [0.05, 0.1) is 31.4 Å². The monoisotopic (exact) mass is 500 g/mol. The molecule has 0 amide bonds. The van der Waals surface area contributed by atoms with Crippen molar-refractivity contribution in [2.45, 2.75) is 75.3 Å². The molecule has 2 aromatic carbocycles. The van der Waals surface area contributed by atoms with Crippen LogP contribution in [0.25, 0.3) is 0 Å². The molecule has 0 aromatic heterocycles. The SMILES string of the molecule is C[Si](C)(C)C/C=C/C[C@@H]1N[C@H](C#N)[C@@H]2Cc3cccc(O)c3[C@H](COCc3ccccc3)N2[C@H]1C#N. The number of rotatable bonds is 8. The molecular formula is C29H36N4O2Si. The van der Waals surface area contributed by atoms with E-state index in [4.69, 9.17) is 4.74 Å². The van der Waals surface area contributed by atoms with Crippen molar-refractivity contribution in [3.63, 3.8) is 0 Å². The smallest absolute Gasteiger partial charge is 0.120 e. The molecule has 2 aliphatic heterocycles. The molecular weight excluding hydrogens is 464 g/mol. The van der Waals surface area contributed by atoms with Crippen molar-refractivity contribution >= 4 is 8.07 Å². The first-order chi connectivity index (χ1) is 17.3. The number of nitrogens with one attached hydrogen (secondary N) is 1. The minimum Gasteiger partial charge on any atom is -0.508 e. The van der Waals surface area contributed by atoms with Crippen molar-refractivity contribution in [1.29, 1.82) is 10.5 Å². The van der Waals surface area contributed by atoms with Crippen molar-refractivity contribution in [3.8, 4) is 17.9 Å². The van der Waals surface area contributed by atoms with Crippen LogP contribution >= 0.6 is 0 Å². The standard InChI is InChI=1S/C29H36N4O2Si/c1-36(2,3)15-8-7-13-23-26(18-31)33-25(24(17-30)32-23)16-22-12-9-14-28(34)29(22)27(33)20-35-19-21-10-5-4-6-11-21/h4-12,14,23-27,32,34H,13,15-16,19-20H2,1-3H3/b8-7+/t23-,24+,25-,26-,27-/m0/s1. The minimum absolute atomic E-state index is 0.179. The number of hydrogen-bond acceptors (Lipinski definition) is 6. The van der Waals surface area contributed by atoms with E-state index in [1.54, 1.807) is 6.07 Å². The Bertz CT molecular complexity index is 1150. The van der Waals surface area contributed by atoms with E-state index in [0.717, 1.165) is 22.7 Å².